The minimum atomic E-state index is -0.392. The van der Waals surface area contributed by atoms with Gasteiger partial charge in [0.2, 0.25) is 0 Å². The van der Waals surface area contributed by atoms with Gasteiger partial charge in [0.25, 0.3) is 0 Å². The third-order valence-electron chi connectivity index (χ3n) is 5.10. The van der Waals surface area contributed by atoms with E-state index in [0.717, 1.165) is 43.4 Å². The van der Waals surface area contributed by atoms with Crippen LogP contribution in [0.3, 0.4) is 0 Å². The number of aliphatic hydroxyl groups excluding tert-OH is 1. The molecule has 0 spiro atoms. The molecule has 1 aliphatic rings. The van der Waals surface area contributed by atoms with E-state index in [1.165, 1.54) is 25.7 Å². The first kappa shape index (κ1) is 17.0. The van der Waals surface area contributed by atoms with E-state index >= 15 is 0 Å². The molecule has 114 valence electrons. The highest BCUT2D eigenvalue weighted by Gasteiger charge is 2.32. The van der Waals surface area contributed by atoms with Crippen LogP contribution in [-0.4, -0.2) is 21.9 Å². The van der Waals surface area contributed by atoms with E-state index in [1.54, 1.807) is 0 Å². The molecule has 2 N–H and O–H groups in total. The monoisotopic (exact) mass is 270 g/mol. The predicted molar refractivity (Wildman–Crippen MR) is 81.1 cm³/mol. The third-order valence-corrected chi connectivity index (χ3v) is 5.10. The summed E-state index contributed by atoms with van der Waals surface area (Å²) in [4.78, 5) is 0. The van der Waals surface area contributed by atoms with Gasteiger partial charge < -0.3 is 10.2 Å². The average Bonchev–Trinajstić information content (AvgIpc) is 2.65. The van der Waals surface area contributed by atoms with Crippen LogP contribution in [-0.2, 0) is 0 Å². The van der Waals surface area contributed by atoms with E-state index in [2.05, 4.69) is 13.8 Å². The second kappa shape index (κ2) is 7.64. The van der Waals surface area contributed by atoms with Crippen molar-refractivity contribution < 1.29 is 10.2 Å². The molecule has 0 aromatic rings. The first-order valence-electron chi connectivity index (χ1n) is 8.20. The number of aliphatic hydroxyl groups is 2. The number of hydrogen-bond acceptors (Lipinski definition) is 2. The summed E-state index contributed by atoms with van der Waals surface area (Å²) in [5, 5.41) is 19.3. The van der Waals surface area contributed by atoms with Crippen molar-refractivity contribution in [3.8, 4) is 0 Å². The van der Waals surface area contributed by atoms with Gasteiger partial charge >= 0.3 is 0 Å². The second-order valence-corrected chi connectivity index (χ2v) is 7.42. The molecule has 0 aromatic heterocycles. The van der Waals surface area contributed by atoms with Gasteiger partial charge in [-0.25, -0.2) is 0 Å². The van der Waals surface area contributed by atoms with Gasteiger partial charge in [-0.2, -0.15) is 0 Å². The SMILES string of the molecule is CC(O)CCC[C@H](C)C(C)CC[C@H]1CC[C@@](C)(O)C1. The van der Waals surface area contributed by atoms with Crippen LogP contribution in [0.2, 0.25) is 0 Å². The lowest BCUT2D eigenvalue weighted by molar-refractivity contribution is 0.0626. The van der Waals surface area contributed by atoms with Crippen LogP contribution in [0.15, 0.2) is 0 Å². The molecule has 2 heteroatoms. The Morgan fingerprint density at radius 2 is 1.74 bits per heavy atom. The average molecular weight is 270 g/mol. The normalized spacial score (nSPS) is 32.2. The topological polar surface area (TPSA) is 40.5 Å². The molecule has 0 aromatic carbocycles. The van der Waals surface area contributed by atoms with E-state index in [0.29, 0.717) is 0 Å². The molecule has 0 bridgehead atoms. The summed E-state index contributed by atoms with van der Waals surface area (Å²) >= 11 is 0. The zero-order valence-corrected chi connectivity index (χ0v) is 13.4. The minimum absolute atomic E-state index is 0.150. The fourth-order valence-corrected chi connectivity index (χ4v) is 3.39. The van der Waals surface area contributed by atoms with Gasteiger partial charge in [-0.3, -0.25) is 0 Å². The van der Waals surface area contributed by atoms with Crippen LogP contribution >= 0.6 is 0 Å². The molecular formula is C17H34O2. The van der Waals surface area contributed by atoms with E-state index in [-0.39, 0.29) is 6.10 Å². The lowest BCUT2D eigenvalue weighted by atomic mass is 9.84. The molecule has 0 aliphatic heterocycles. The molecule has 1 rings (SSSR count). The zero-order chi connectivity index (χ0) is 14.5. The molecule has 19 heavy (non-hydrogen) atoms. The molecule has 1 saturated carbocycles. The maximum Gasteiger partial charge on any atom is 0.0622 e. The molecule has 2 unspecified atom stereocenters. The quantitative estimate of drug-likeness (QED) is 0.696. The van der Waals surface area contributed by atoms with Gasteiger partial charge in [0.05, 0.1) is 11.7 Å². The molecule has 0 heterocycles. The molecule has 1 aliphatic carbocycles. The van der Waals surface area contributed by atoms with Gasteiger partial charge in [-0.1, -0.05) is 39.5 Å². The van der Waals surface area contributed by atoms with Crippen molar-refractivity contribution in [1.29, 1.82) is 0 Å². The van der Waals surface area contributed by atoms with Crippen molar-refractivity contribution in [3.05, 3.63) is 0 Å². The third kappa shape index (κ3) is 6.76. The van der Waals surface area contributed by atoms with Gasteiger partial charge in [0.15, 0.2) is 0 Å². The Hall–Kier alpha value is -0.0800. The summed E-state index contributed by atoms with van der Waals surface area (Å²) in [6, 6.07) is 0. The molecule has 0 amide bonds. The van der Waals surface area contributed by atoms with Gasteiger partial charge in [0, 0.05) is 0 Å². The number of hydrogen-bond donors (Lipinski definition) is 2. The number of rotatable bonds is 8. The van der Waals surface area contributed by atoms with E-state index in [9.17, 15) is 10.2 Å². The summed E-state index contributed by atoms with van der Waals surface area (Å²) in [6.07, 6.45) is 8.90. The minimum Gasteiger partial charge on any atom is -0.393 e. The summed E-state index contributed by atoms with van der Waals surface area (Å²) in [5.74, 6) is 2.25. The standard InChI is InChI=1S/C17H34O2/c1-13(6-5-7-15(3)18)14(2)8-9-16-10-11-17(4,19)12-16/h13-16,18-19H,5-12H2,1-4H3/t13-,14?,15?,16-,17+/m0/s1. The van der Waals surface area contributed by atoms with Crippen molar-refractivity contribution in [2.75, 3.05) is 0 Å². The Labute approximate surface area is 119 Å². The van der Waals surface area contributed by atoms with Gasteiger partial charge in [-0.05, 0) is 57.3 Å². The molecule has 0 saturated heterocycles. The first-order chi connectivity index (χ1) is 8.80. The maximum atomic E-state index is 9.98. The molecule has 5 atom stereocenters. The van der Waals surface area contributed by atoms with Crippen LogP contribution in [0.4, 0.5) is 0 Å². The maximum absolute atomic E-state index is 9.98. The Bertz CT molecular complexity index is 248. The second-order valence-electron chi connectivity index (χ2n) is 7.42. The smallest absolute Gasteiger partial charge is 0.0622 e. The van der Waals surface area contributed by atoms with E-state index in [4.69, 9.17) is 0 Å². The fourth-order valence-electron chi connectivity index (χ4n) is 3.39. The lowest BCUT2D eigenvalue weighted by Crippen LogP contribution is -2.19. The zero-order valence-electron chi connectivity index (χ0n) is 13.4. The van der Waals surface area contributed by atoms with Gasteiger partial charge in [0.1, 0.15) is 0 Å². The highest BCUT2D eigenvalue weighted by Crippen LogP contribution is 2.38. The Morgan fingerprint density at radius 3 is 2.26 bits per heavy atom. The van der Waals surface area contributed by atoms with Crippen molar-refractivity contribution in [3.63, 3.8) is 0 Å². The van der Waals surface area contributed by atoms with Crippen LogP contribution in [0, 0.1) is 17.8 Å². The predicted octanol–water partition coefficient (Wildman–Crippen LogP) is 4.14. The van der Waals surface area contributed by atoms with E-state index in [1.807, 2.05) is 13.8 Å². The van der Waals surface area contributed by atoms with Crippen LogP contribution in [0.5, 0.6) is 0 Å². The summed E-state index contributed by atoms with van der Waals surface area (Å²) in [6.45, 7) is 8.56. The van der Waals surface area contributed by atoms with E-state index < -0.39 is 5.60 Å². The largest absolute Gasteiger partial charge is 0.393 e. The van der Waals surface area contributed by atoms with Crippen molar-refractivity contribution in [2.24, 2.45) is 17.8 Å². The van der Waals surface area contributed by atoms with Crippen molar-refractivity contribution in [1.82, 2.24) is 0 Å². The summed E-state index contributed by atoms with van der Waals surface area (Å²) < 4.78 is 0. The highest BCUT2D eigenvalue weighted by atomic mass is 16.3. The van der Waals surface area contributed by atoms with Crippen LogP contribution < -0.4 is 0 Å². The Balaban J connectivity index is 2.14. The lowest BCUT2D eigenvalue weighted by Gasteiger charge is -2.22. The molecular weight excluding hydrogens is 236 g/mol. The van der Waals surface area contributed by atoms with Crippen molar-refractivity contribution in [2.45, 2.75) is 90.8 Å². The molecule has 2 nitrogen and oxygen atoms in total. The summed E-state index contributed by atoms with van der Waals surface area (Å²) in [5.41, 5.74) is -0.392. The molecule has 0 radical (unpaired) electrons. The first-order valence-corrected chi connectivity index (χ1v) is 8.20. The van der Waals surface area contributed by atoms with Crippen LogP contribution in [0.1, 0.15) is 79.1 Å². The molecule has 1 fully saturated rings. The Morgan fingerprint density at radius 1 is 1.11 bits per heavy atom. The highest BCUT2D eigenvalue weighted by molar-refractivity contribution is 4.85. The van der Waals surface area contributed by atoms with Crippen LogP contribution in [0.25, 0.3) is 0 Å². The fraction of sp³-hybridized carbons (Fsp3) is 1.00. The summed E-state index contributed by atoms with van der Waals surface area (Å²) in [7, 11) is 0. The van der Waals surface area contributed by atoms with Crippen molar-refractivity contribution >= 4 is 0 Å². The van der Waals surface area contributed by atoms with Gasteiger partial charge in [-0.15, -0.1) is 0 Å². The Kier molecular flexibility index (Phi) is 6.82.